The number of carbonyl (C=O) groups is 4. The quantitative estimate of drug-likeness (QED) is 0.135. The van der Waals surface area contributed by atoms with Gasteiger partial charge in [-0.3, -0.25) is 24.4 Å². The molecule has 0 unspecified atom stereocenters. The number of hydrogen-bond donors (Lipinski definition) is 3. The molecule has 2 saturated carbocycles. The Morgan fingerprint density at radius 1 is 0.684 bits per heavy atom. The minimum atomic E-state index is -0.884. The summed E-state index contributed by atoms with van der Waals surface area (Å²) in [7, 11) is 7.96. The molecule has 0 aromatic carbocycles. The lowest BCUT2D eigenvalue weighted by Crippen LogP contribution is -2.59. The lowest BCUT2D eigenvalue weighted by atomic mass is 9.84. The number of nitrogens with one attached hydrogen (secondary N) is 1. The molecular weight excluding hydrogens is 734 g/mol. The van der Waals surface area contributed by atoms with Crippen molar-refractivity contribution in [2.24, 2.45) is 11.8 Å². The van der Waals surface area contributed by atoms with E-state index in [-0.39, 0.29) is 54.0 Å². The number of nitrogens with zero attached hydrogens (tertiary/aromatic N) is 8. The third-order valence-electron chi connectivity index (χ3n) is 12.5. The van der Waals surface area contributed by atoms with Crippen molar-refractivity contribution in [3.63, 3.8) is 0 Å². The van der Waals surface area contributed by atoms with Crippen molar-refractivity contribution >= 4 is 23.7 Å². The van der Waals surface area contributed by atoms with E-state index in [1.807, 2.05) is 28.2 Å². The van der Waals surface area contributed by atoms with Gasteiger partial charge >= 0.3 is 5.97 Å². The van der Waals surface area contributed by atoms with Crippen LogP contribution in [0.5, 0.6) is 0 Å². The summed E-state index contributed by atoms with van der Waals surface area (Å²) in [5, 5.41) is 25.8. The Morgan fingerprint density at radius 2 is 1.09 bits per heavy atom. The summed E-state index contributed by atoms with van der Waals surface area (Å²) < 4.78 is 10.7. The molecule has 2 atom stereocenters. The highest BCUT2D eigenvalue weighted by molar-refractivity contribution is 5.91. The Kier molecular flexibility index (Phi) is 16.8. The summed E-state index contributed by atoms with van der Waals surface area (Å²) in [5.74, 6) is -0.331. The van der Waals surface area contributed by atoms with Crippen molar-refractivity contribution in [1.82, 2.24) is 45.4 Å². The van der Waals surface area contributed by atoms with Crippen LogP contribution in [-0.4, -0.2) is 140 Å². The standard InChI is InChI=1S/C20H33N5O4.C20H32N4O4/c1-24(2)16-12-25(13-16)20(27)18-21-19(29-23-18)15(11-17(26)22-28)10-6-9-14-7-4-3-5-8-14;1-23(2)16-12-24(13-16)20(27)18-21-19(28-22-18)15(11-17(25)26)10-6-9-14-7-4-3-5-8-14/h14-16,28H,3-13H2,1-2H3,(H,22,26);14-16H,3-13H2,1-2H3,(H,25,26)/t2*15-/m11/s1. The number of hydrogen-bond acceptors (Lipinski definition) is 13. The summed E-state index contributed by atoms with van der Waals surface area (Å²) in [6.45, 7) is 2.59. The Bertz CT molecular complexity index is 1570. The smallest absolute Gasteiger partial charge is 0.304 e. The first-order valence-corrected chi connectivity index (χ1v) is 21.1. The van der Waals surface area contributed by atoms with Crippen LogP contribution in [0.1, 0.15) is 160 Å². The van der Waals surface area contributed by atoms with E-state index >= 15 is 0 Å². The molecule has 2 saturated heterocycles. The minimum absolute atomic E-state index is 0.0369. The van der Waals surface area contributed by atoms with Gasteiger partial charge in [-0.05, 0) is 52.9 Å². The number of likely N-dealkylation sites (N-methyl/N-ethyl adjacent to an activating group) is 2. The molecule has 0 radical (unpaired) electrons. The monoisotopic (exact) mass is 799 g/mol. The second-order valence-electron chi connectivity index (χ2n) is 17.2. The molecule has 0 spiro atoms. The van der Waals surface area contributed by atoms with E-state index in [1.165, 1.54) is 64.2 Å². The molecule has 17 heteroatoms. The largest absolute Gasteiger partial charge is 0.481 e. The van der Waals surface area contributed by atoms with Crippen LogP contribution in [0.3, 0.4) is 0 Å². The van der Waals surface area contributed by atoms with Gasteiger partial charge < -0.3 is 33.8 Å². The molecular formula is C40H65N9O8. The molecule has 0 bridgehead atoms. The number of likely N-dealkylation sites (tertiary alicyclic amines) is 2. The van der Waals surface area contributed by atoms with Crippen LogP contribution < -0.4 is 5.48 Å². The molecule has 2 aromatic heterocycles. The van der Waals surface area contributed by atoms with Crippen LogP contribution in [0.25, 0.3) is 0 Å². The Balaban J connectivity index is 0.000000218. The van der Waals surface area contributed by atoms with Crippen molar-refractivity contribution < 1.29 is 38.5 Å². The number of rotatable bonds is 18. The third-order valence-corrected chi connectivity index (χ3v) is 12.5. The van der Waals surface area contributed by atoms with Gasteiger partial charge in [0, 0.05) is 56.5 Å². The first kappa shape index (κ1) is 44.1. The minimum Gasteiger partial charge on any atom is -0.481 e. The fraction of sp³-hybridized carbons (Fsp3) is 0.800. The number of amides is 3. The maximum absolute atomic E-state index is 12.5. The van der Waals surface area contributed by atoms with Crippen LogP contribution >= 0.6 is 0 Å². The molecule has 2 aliphatic carbocycles. The van der Waals surface area contributed by atoms with Crippen LogP contribution in [0.4, 0.5) is 0 Å². The number of carboxylic acids is 1. The molecule has 3 N–H and O–H groups in total. The predicted octanol–water partition coefficient (Wildman–Crippen LogP) is 4.95. The maximum atomic E-state index is 12.5. The van der Waals surface area contributed by atoms with Crippen molar-refractivity contribution in [3.8, 4) is 0 Å². The number of aromatic nitrogens is 4. The SMILES string of the molecule is CN(C)C1CN(C(=O)c2noc([C@H](CCCC3CCCCC3)CC(=O)NO)n2)C1.CN(C)C1CN(C(=O)c2noc([C@H](CCCC3CCCCC3)CC(=O)O)n2)C1. The topological polar surface area (TPSA) is 212 Å². The number of hydroxylamine groups is 1. The molecule has 6 rings (SSSR count). The van der Waals surface area contributed by atoms with Gasteiger partial charge in [0.15, 0.2) is 0 Å². The molecule has 17 nitrogen and oxygen atoms in total. The summed E-state index contributed by atoms with van der Waals surface area (Å²) >= 11 is 0. The second kappa shape index (κ2) is 21.7. The first-order chi connectivity index (χ1) is 27.4. The van der Waals surface area contributed by atoms with E-state index in [0.29, 0.717) is 57.0 Å². The Labute approximate surface area is 336 Å². The molecule has 4 fully saturated rings. The van der Waals surface area contributed by atoms with Crippen LogP contribution in [0.2, 0.25) is 0 Å². The zero-order chi connectivity index (χ0) is 40.9. The predicted molar refractivity (Wildman–Crippen MR) is 208 cm³/mol. The van der Waals surface area contributed by atoms with E-state index in [1.54, 1.807) is 15.3 Å². The van der Waals surface area contributed by atoms with Crippen LogP contribution in [0, 0.1) is 11.8 Å². The number of carboxylic acid groups (broad SMARTS) is 1. The summed E-state index contributed by atoms with van der Waals surface area (Å²) in [5.41, 5.74) is 1.68. The summed E-state index contributed by atoms with van der Waals surface area (Å²) in [6, 6.07) is 0.709. The number of aliphatic carboxylic acids is 1. The molecule has 57 heavy (non-hydrogen) atoms. The highest BCUT2D eigenvalue weighted by atomic mass is 16.5. The van der Waals surface area contributed by atoms with Gasteiger partial charge in [0.05, 0.1) is 6.42 Å². The van der Waals surface area contributed by atoms with E-state index in [4.69, 9.17) is 14.3 Å². The maximum Gasteiger partial charge on any atom is 0.304 e. The van der Waals surface area contributed by atoms with Crippen molar-refractivity contribution in [1.29, 1.82) is 0 Å². The highest BCUT2D eigenvalue weighted by Gasteiger charge is 2.37. The van der Waals surface area contributed by atoms with Gasteiger partial charge in [-0.25, -0.2) is 5.48 Å². The van der Waals surface area contributed by atoms with Gasteiger partial charge in [0.25, 0.3) is 23.5 Å². The highest BCUT2D eigenvalue weighted by Crippen LogP contribution is 2.33. The van der Waals surface area contributed by atoms with Crippen LogP contribution in [0.15, 0.2) is 9.05 Å². The lowest BCUT2D eigenvalue weighted by Gasteiger charge is -2.42. The molecule has 3 amide bonds. The second-order valence-corrected chi connectivity index (χ2v) is 17.2. The molecule has 318 valence electrons. The van der Waals surface area contributed by atoms with Gasteiger partial charge in [-0.15, -0.1) is 0 Å². The van der Waals surface area contributed by atoms with Gasteiger partial charge in [0.2, 0.25) is 17.7 Å². The fourth-order valence-corrected chi connectivity index (χ4v) is 8.52. The van der Waals surface area contributed by atoms with Gasteiger partial charge in [0.1, 0.15) is 0 Å². The Morgan fingerprint density at radius 3 is 1.46 bits per heavy atom. The third kappa shape index (κ3) is 13.0. The number of carbonyl (C=O) groups excluding carboxylic acids is 3. The van der Waals surface area contributed by atoms with Gasteiger partial charge in [-0.2, -0.15) is 9.97 Å². The van der Waals surface area contributed by atoms with E-state index in [0.717, 1.165) is 37.5 Å². The average molecular weight is 800 g/mol. The zero-order valence-electron chi connectivity index (χ0n) is 34.4. The molecule has 2 aliphatic heterocycles. The van der Waals surface area contributed by atoms with Crippen molar-refractivity contribution in [2.45, 2.75) is 139 Å². The van der Waals surface area contributed by atoms with Crippen molar-refractivity contribution in [2.75, 3.05) is 54.4 Å². The van der Waals surface area contributed by atoms with E-state index in [9.17, 15) is 24.3 Å². The molecule has 4 heterocycles. The fourth-order valence-electron chi connectivity index (χ4n) is 8.52. The molecule has 4 aliphatic rings. The average Bonchev–Trinajstić information content (AvgIpc) is 3.85. The van der Waals surface area contributed by atoms with Crippen molar-refractivity contribution in [3.05, 3.63) is 23.4 Å². The lowest BCUT2D eigenvalue weighted by molar-refractivity contribution is -0.137. The van der Waals surface area contributed by atoms with E-state index < -0.39 is 11.9 Å². The van der Waals surface area contributed by atoms with E-state index in [2.05, 4.69) is 30.1 Å². The van der Waals surface area contributed by atoms with Crippen LogP contribution in [-0.2, 0) is 9.59 Å². The summed E-state index contributed by atoms with van der Waals surface area (Å²) in [6.07, 6.45) is 18.6. The van der Waals surface area contributed by atoms with Gasteiger partial charge in [-0.1, -0.05) is 100 Å². The first-order valence-electron chi connectivity index (χ1n) is 21.1. The summed E-state index contributed by atoms with van der Waals surface area (Å²) in [4.78, 5) is 64.1. The Hall–Kier alpha value is -3.96. The normalized spacial score (nSPS) is 19.4. The molecule has 2 aromatic rings. The zero-order valence-corrected chi connectivity index (χ0v) is 34.4.